The standard InChI is InChI=1S/C16H12N2/c1-3-7-13(8-4-1)15-11-17-18-12-16(15)14-9-5-2-6-10-14/h1-12H. The number of aromatic nitrogens is 2. The summed E-state index contributed by atoms with van der Waals surface area (Å²) in [7, 11) is 0. The number of benzene rings is 2. The zero-order valence-corrected chi connectivity index (χ0v) is 9.82. The monoisotopic (exact) mass is 232 g/mol. The molecule has 2 aromatic carbocycles. The van der Waals surface area contributed by atoms with Gasteiger partial charge in [0, 0.05) is 11.1 Å². The van der Waals surface area contributed by atoms with Crippen molar-refractivity contribution in [2.24, 2.45) is 0 Å². The van der Waals surface area contributed by atoms with Crippen LogP contribution in [-0.4, -0.2) is 10.2 Å². The Balaban J connectivity index is 2.18. The van der Waals surface area contributed by atoms with Gasteiger partial charge in [-0.15, -0.1) is 0 Å². The average molecular weight is 232 g/mol. The molecule has 0 aliphatic heterocycles. The molecule has 0 bridgehead atoms. The molecule has 0 saturated heterocycles. The predicted molar refractivity (Wildman–Crippen MR) is 72.9 cm³/mol. The highest BCUT2D eigenvalue weighted by molar-refractivity contribution is 5.81. The van der Waals surface area contributed by atoms with Gasteiger partial charge >= 0.3 is 0 Å². The minimum atomic E-state index is 1.11. The van der Waals surface area contributed by atoms with Crippen molar-refractivity contribution in [2.45, 2.75) is 0 Å². The van der Waals surface area contributed by atoms with E-state index in [1.54, 1.807) is 0 Å². The molecule has 18 heavy (non-hydrogen) atoms. The summed E-state index contributed by atoms with van der Waals surface area (Å²) in [5.74, 6) is 0. The second kappa shape index (κ2) is 4.80. The van der Waals surface area contributed by atoms with Crippen molar-refractivity contribution in [3.63, 3.8) is 0 Å². The molecule has 0 unspecified atom stereocenters. The van der Waals surface area contributed by atoms with Crippen LogP contribution in [-0.2, 0) is 0 Å². The second-order valence-corrected chi connectivity index (χ2v) is 4.05. The summed E-state index contributed by atoms with van der Waals surface area (Å²) in [6, 6.07) is 20.5. The van der Waals surface area contributed by atoms with Gasteiger partial charge in [-0.2, -0.15) is 10.2 Å². The number of nitrogens with zero attached hydrogens (tertiary/aromatic N) is 2. The number of rotatable bonds is 2. The average Bonchev–Trinajstić information content (AvgIpc) is 2.49. The molecule has 1 aromatic heterocycles. The van der Waals surface area contributed by atoms with Crippen molar-refractivity contribution in [3.05, 3.63) is 73.1 Å². The highest BCUT2D eigenvalue weighted by Crippen LogP contribution is 2.30. The molecule has 0 radical (unpaired) electrons. The minimum absolute atomic E-state index is 1.11. The van der Waals surface area contributed by atoms with Crippen molar-refractivity contribution in [2.75, 3.05) is 0 Å². The normalized spacial score (nSPS) is 10.2. The zero-order valence-electron chi connectivity index (χ0n) is 9.82. The van der Waals surface area contributed by atoms with Crippen molar-refractivity contribution in [1.29, 1.82) is 0 Å². The van der Waals surface area contributed by atoms with Crippen LogP contribution in [0.5, 0.6) is 0 Å². The molecule has 0 spiro atoms. The molecule has 1 heterocycles. The van der Waals surface area contributed by atoms with E-state index in [0.29, 0.717) is 0 Å². The Morgan fingerprint density at radius 2 is 0.889 bits per heavy atom. The Kier molecular flexibility index (Phi) is 2.84. The summed E-state index contributed by atoms with van der Waals surface area (Å²) in [6.07, 6.45) is 3.63. The third-order valence-electron chi connectivity index (χ3n) is 2.90. The predicted octanol–water partition coefficient (Wildman–Crippen LogP) is 3.81. The highest BCUT2D eigenvalue weighted by atomic mass is 15.1. The molecular weight excluding hydrogens is 220 g/mol. The van der Waals surface area contributed by atoms with Crippen LogP contribution in [0.2, 0.25) is 0 Å². The van der Waals surface area contributed by atoms with E-state index in [1.165, 1.54) is 0 Å². The Morgan fingerprint density at radius 1 is 0.500 bits per heavy atom. The first-order valence-electron chi connectivity index (χ1n) is 5.87. The largest absolute Gasteiger partial charge is 0.158 e. The molecule has 0 aliphatic carbocycles. The van der Waals surface area contributed by atoms with Gasteiger partial charge < -0.3 is 0 Å². The quantitative estimate of drug-likeness (QED) is 0.671. The van der Waals surface area contributed by atoms with E-state index < -0.39 is 0 Å². The lowest BCUT2D eigenvalue weighted by molar-refractivity contribution is 1.03. The summed E-state index contributed by atoms with van der Waals surface area (Å²) in [6.45, 7) is 0. The molecule has 0 fully saturated rings. The third-order valence-corrected chi connectivity index (χ3v) is 2.90. The molecule has 0 atom stereocenters. The Morgan fingerprint density at radius 3 is 1.28 bits per heavy atom. The SMILES string of the molecule is c1ccc(-c2cnncc2-c2ccccc2)cc1. The fourth-order valence-corrected chi connectivity index (χ4v) is 2.02. The van der Waals surface area contributed by atoms with Crippen LogP contribution in [0.4, 0.5) is 0 Å². The molecule has 3 rings (SSSR count). The summed E-state index contributed by atoms with van der Waals surface area (Å²) in [4.78, 5) is 0. The van der Waals surface area contributed by atoms with Crippen LogP contribution >= 0.6 is 0 Å². The zero-order chi connectivity index (χ0) is 12.2. The Bertz CT molecular complexity index is 575. The molecular formula is C16H12N2. The molecule has 0 amide bonds. The maximum absolute atomic E-state index is 4.00. The van der Waals surface area contributed by atoms with Gasteiger partial charge in [0.2, 0.25) is 0 Å². The lowest BCUT2D eigenvalue weighted by Crippen LogP contribution is -1.89. The van der Waals surface area contributed by atoms with Gasteiger partial charge in [-0.3, -0.25) is 0 Å². The number of hydrogen-bond donors (Lipinski definition) is 0. The second-order valence-electron chi connectivity index (χ2n) is 4.05. The Hall–Kier alpha value is -2.48. The van der Waals surface area contributed by atoms with Gasteiger partial charge in [-0.05, 0) is 11.1 Å². The van der Waals surface area contributed by atoms with E-state index in [2.05, 4.69) is 34.5 Å². The van der Waals surface area contributed by atoms with Crippen LogP contribution in [0, 0.1) is 0 Å². The summed E-state index contributed by atoms with van der Waals surface area (Å²) < 4.78 is 0. The molecule has 86 valence electrons. The van der Waals surface area contributed by atoms with Crippen molar-refractivity contribution < 1.29 is 0 Å². The van der Waals surface area contributed by atoms with Gasteiger partial charge in [0.25, 0.3) is 0 Å². The van der Waals surface area contributed by atoms with E-state index in [-0.39, 0.29) is 0 Å². The minimum Gasteiger partial charge on any atom is -0.158 e. The van der Waals surface area contributed by atoms with Gasteiger partial charge in [-0.25, -0.2) is 0 Å². The van der Waals surface area contributed by atoms with Gasteiger partial charge in [0.15, 0.2) is 0 Å². The van der Waals surface area contributed by atoms with Gasteiger partial charge in [0.1, 0.15) is 0 Å². The van der Waals surface area contributed by atoms with Gasteiger partial charge in [-0.1, -0.05) is 60.7 Å². The van der Waals surface area contributed by atoms with Crippen LogP contribution in [0.1, 0.15) is 0 Å². The van der Waals surface area contributed by atoms with Crippen LogP contribution < -0.4 is 0 Å². The van der Waals surface area contributed by atoms with E-state index in [9.17, 15) is 0 Å². The summed E-state index contributed by atoms with van der Waals surface area (Å²) in [5.41, 5.74) is 4.53. The van der Waals surface area contributed by atoms with E-state index in [1.807, 2.05) is 48.8 Å². The lowest BCUT2D eigenvalue weighted by Gasteiger charge is -2.08. The van der Waals surface area contributed by atoms with Gasteiger partial charge in [0.05, 0.1) is 12.4 Å². The molecule has 0 N–H and O–H groups in total. The lowest BCUT2D eigenvalue weighted by atomic mass is 9.98. The highest BCUT2D eigenvalue weighted by Gasteiger charge is 2.06. The van der Waals surface area contributed by atoms with E-state index in [0.717, 1.165) is 22.3 Å². The van der Waals surface area contributed by atoms with Crippen molar-refractivity contribution in [3.8, 4) is 22.3 Å². The van der Waals surface area contributed by atoms with Crippen LogP contribution in [0.3, 0.4) is 0 Å². The van der Waals surface area contributed by atoms with Crippen molar-refractivity contribution >= 4 is 0 Å². The maximum atomic E-state index is 4.00. The first kappa shape index (κ1) is 10.7. The van der Waals surface area contributed by atoms with E-state index in [4.69, 9.17) is 0 Å². The summed E-state index contributed by atoms with van der Waals surface area (Å²) >= 11 is 0. The third kappa shape index (κ3) is 2.00. The number of hydrogen-bond acceptors (Lipinski definition) is 2. The smallest absolute Gasteiger partial charge is 0.0580 e. The van der Waals surface area contributed by atoms with Crippen LogP contribution in [0.25, 0.3) is 22.3 Å². The molecule has 0 aliphatic rings. The first-order chi connectivity index (χ1) is 8.95. The molecule has 2 heteroatoms. The molecule has 2 nitrogen and oxygen atoms in total. The summed E-state index contributed by atoms with van der Waals surface area (Å²) in [5, 5.41) is 7.99. The van der Waals surface area contributed by atoms with Crippen LogP contribution in [0.15, 0.2) is 73.1 Å². The fourth-order valence-electron chi connectivity index (χ4n) is 2.02. The first-order valence-corrected chi connectivity index (χ1v) is 5.87. The van der Waals surface area contributed by atoms with Crippen molar-refractivity contribution in [1.82, 2.24) is 10.2 Å². The topological polar surface area (TPSA) is 25.8 Å². The molecule has 3 aromatic rings. The maximum Gasteiger partial charge on any atom is 0.0580 e. The van der Waals surface area contributed by atoms with E-state index >= 15 is 0 Å². The Labute approximate surface area is 106 Å². The molecule has 0 saturated carbocycles. The fraction of sp³-hybridized carbons (Fsp3) is 0.